The highest BCUT2D eigenvalue weighted by atomic mass is 32.2. The molecule has 0 radical (unpaired) electrons. The van der Waals surface area contributed by atoms with E-state index in [1.807, 2.05) is 11.8 Å². The summed E-state index contributed by atoms with van der Waals surface area (Å²) in [7, 11) is 3.45. The van der Waals surface area contributed by atoms with Crippen molar-refractivity contribution >= 4 is 17.7 Å². The molecular weight excluding hydrogens is 432 g/mol. The van der Waals surface area contributed by atoms with Crippen molar-refractivity contribution in [2.45, 2.75) is 80.9 Å². The van der Waals surface area contributed by atoms with E-state index < -0.39 is 5.97 Å². The SMILES string of the molecule is COc1ccc(C2(C)CSc3cc(OC)ccc3C2CCCCCCCCCC(=O)O)cc1. The van der Waals surface area contributed by atoms with Gasteiger partial charge in [-0.25, -0.2) is 0 Å². The van der Waals surface area contributed by atoms with E-state index >= 15 is 0 Å². The molecule has 2 atom stereocenters. The zero-order valence-corrected chi connectivity index (χ0v) is 21.1. The number of rotatable bonds is 13. The van der Waals surface area contributed by atoms with Crippen molar-refractivity contribution in [3.05, 3.63) is 53.6 Å². The van der Waals surface area contributed by atoms with Gasteiger partial charge in [0.1, 0.15) is 11.5 Å². The number of aliphatic carboxylic acids is 1. The molecule has 0 aliphatic carbocycles. The van der Waals surface area contributed by atoms with E-state index in [0.717, 1.165) is 36.5 Å². The largest absolute Gasteiger partial charge is 0.497 e. The van der Waals surface area contributed by atoms with E-state index in [0.29, 0.717) is 12.3 Å². The van der Waals surface area contributed by atoms with Crippen LogP contribution in [0.25, 0.3) is 0 Å². The fourth-order valence-electron chi connectivity index (χ4n) is 4.96. The third kappa shape index (κ3) is 6.69. The smallest absolute Gasteiger partial charge is 0.303 e. The maximum Gasteiger partial charge on any atom is 0.303 e. The van der Waals surface area contributed by atoms with Crippen LogP contribution in [0.2, 0.25) is 0 Å². The van der Waals surface area contributed by atoms with Crippen molar-refractivity contribution in [1.82, 2.24) is 0 Å². The molecule has 0 fully saturated rings. The van der Waals surface area contributed by atoms with Crippen LogP contribution in [-0.2, 0) is 10.2 Å². The van der Waals surface area contributed by atoms with Crippen LogP contribution >= 0.6 is 11.8 Å². The summed E-state index contributed by atoms with van der Waals surface area (Å²) in [5.41, 5.74) is 2.88. The Morgan fingerprint density at radius 1 is 0.939 bits per heavy atom. The lowest BCUT2D eigenvalue weighted by molar-refractivity contribution is -0.137. The average molecular weight is 471 g/mol. The van der Waals surface area contributed by atoms with E-state index in [1.54, 1.807) is 14.2 Å². The molecule has 180 valence electrons. The van der Waals surface area contributed by atoms with Crippen LogP contribution in [0.1, 0.15) is 81.8 Å². The molecule has 5 heteroatoms. The van der Waals surface area contributed by atoms with Gasteiger partial charge in [-0.15, -0.1) is 11.8 Å². The predicted molar refractivity (Wildman–Crippen MR) is 136 cm³/mol. The first kappa shape index (κ1) is 25.5. The van der Waals surface area contributed by atoms with Gasteiger partial charge in [0.2, 0.25) is 0 Å². The van der Waals surface area contributed by atoms with Gasteiger partial charge in [0, 0.05) is 22.5 Å². The van der Waals surface area contributed by atoms with Crippen molar-refractivity contribution in [2.24, 2.45) is 0 Å². The highest BCUT2D eigenvalue weighted by Gasteiger charge is 2.41. The van der Waals surface area contributed by atoms with Crippen LogP contribution < -0.4 is 9.47 Å². The van der Waals surface area contributed by atoms with Crippen molar-refractivity contribution in [2.75, 3.05) is 20.0 Å². The van der Waals surface area contributed by atoms with E-state index in [-0.39, 0.29) is 5.41 Å². The van der Waals surface area contributed by atoms with Crippen LogP contribution in [0.5, 0.6) is 11.5 Å². The Morgan fingerprint density at radius 2 is 1.55 bits per heavy atom. The van der Waals surface area contributed by atoms with Crippen LogP contribution in [0.15, 0.2) is 47.4 Å². The second-order valence-corrected chi connectivity index (χ2v) is 10.3. The minimum atomic E-state index is -0.682. The zero-order valence-electron chi connectivity index (χ0n) is 20.3. The summed E-state index contributed by atoms with van der Waals surface area (Å²) >= 11 is 1.94. The second kappa shape index (κ2) is 12.4. The normalized spacial score (nSPS) is 19.7. The van der Waals surface area contributed by atoms with E-state index in [9.17, 15) is 4.79 Å². The third-order valence-electron chi connectivity index (χ3n) is 7.03. The summed E-state index contributed by atoms with van der Waals surface area (Å²) < 4.78 is 10.9. The molecule has 0 aromatic heterocycles. The fraction of sp³-hybridized carbons (Fsp3) is 0.536. The predicted octanol–water partition coefficient (Wildman–Crippen LogP) is 7.45. The molecule has 2 aromatic carbocycles. The number of carboxylic acid groups (broad SMARTS) is 1. The molecule has 1 heterocycles. The Balaban J connectivity index is 1.65. The van der Waals surface area contributed by atoms with Gasteiger partial charge in [-0.3, -0.25) is 4.79 Å². The molecule has 1 aliphatic rings. The molecule has 1 N–H and O–H groups in total. The van der Waals surface area contributed by atoms with E-state index in [4.69, 9.17) is 14.6 Å². The number of ether oxygens (including phenoxy) is 2. The summed E-state index contributed by atoms with van der Waals surface area (Å²) in [6, 6.07) is 15.2. The van der Waals surface area contributed by atoms with Crippen LogP contribution in [0.4, 0.5) is 0 Å². The molecule has 1 aliphatic heterocycles. The molecule has 0 saturated heterocycles. The lowest BCUT2D eigenvalue weighted by Gasteiger charge is -2.43. The number of fused-ring (bicyclic) bond motifs is 1. The van der Waals surface area contributed by atoms with Gasteiger partial charge in [0.05, 0.1) is 14.2 Å². The Labute approximate surface area is 203 Å². The van der Waals surface area contributed by atoms with Gasteiger partial charge >= 0.3 is 5.97 Å². The molecule has 0 spiro atoms. The van der Waals surface area contributed by atoms with Gasteiger partial charge < -0.3 is 14.6 Å². The first-order valence-electron chi connectivity index (χ1n) is 12.1. The third-order valence-corrected chi connectivity index (χ3v) is 8.43. The van der Waals surface area contributed by atoms with E-state index in [2.05, 4.69) is 49.4 Å². The first-order chi connectivity index (χ1) is 16.0. The molecule has 33 heavy (non-hydrogen) atoms. The first-order valence-corrected chi connectivity index (χ1v) is 13.1. The van der Waals surface area contributed by atoms with Crippen molar-refractivity contribution in [3.8, 4) is 11.5 Å². The molecule has 2 aromatic rings. The number of carboxylic acids is 1. The molecule has 3 rings (SSSR count). The van der Waals surface area contributed by atoms with Crippen LogP contribution in [-0.4, -0.2) is 31.0 Å². The fourth-order valence-corrected chi connectivity index (χ4v) is 6.36. The lowest BCUT2D eigenvalue weighted by atomic mass is 9.68. The Bertz CT molecular complexity index is 895. The van der Waals surface area contributed by atoms with Crippen molar-refractivity contribution in [3.63, 3.8) is 0 Å². The van der Waals surface area contributed by atoms with Gasteiger partial charge in [0.15, 0.2) is 0 Å². The van der Waals surface area contributed by atoms with Crippen LogP contribution in [0, 0.1) is 0 Å². The molecule has 2 unspecified atom stereocenters. The number of methoxy groups -OCH3 is 2. The number of thioether (sulfide) groups is 1. The minimum Gasteiger partial charge on any atom is -0.497 e. The number of hydrogen-bond donors (Lipinski definition) is 1. The summed E-state index contributed by atoms with van der Waals surface area (Å²) in [5.74, 6) is 2.65. The van der Waals surface area contributed by atoms with Gasteiger partial charge in [-0.1, -0.05) is 63.6 Å². The second-order valence-electron chi connectivity index (χ2n) is 9.30. The highest BCUT2D eigenvalue weighted by molar-refractivity contribution is 7.99. The van der Waals surface area contributed by atoms with Gasteiger partial charge in [-0.05, 0) is 54.2 Å². The molecular formula is C28H38O4S. The number of carbonyl (C=O) groups is 1. The molecule has 0 saturated carbocycles. The van der Waals surface area contributed by atoms with Gasteiger partial charge in [0.25, 0.3) is 0 Å². The van der Waals surface area contributed by atoms with E-state index in [1.165, 1.54) is 48.1 Å². The Kier molecular flexibility index (Phi) is 9.54. The lowest BCUT2D eigenvalue weighted by Crippen LogP contribution is -2.36. The zero-order chi connectivity index (χ0) is 23.7. The summed E-state index contributed by atoms with van der Waals surface area (Å²) in [6.07, 6.45) is 9.29. The Hall–Kier alpha value is -2.14. The summed E-state index contributed by atoms with van der Waals surface area (Å²) in [5, 5.41) is 8.75. The molecule has 4 nitrogen and oxygen atoms in total. The molecule has 0 bridgehead atoms. The maximum absolute atomic E-state index is 10.6. The average Bonchev–Trinajstić information content (AvgIpc) is 2.83. The van der Waals surface area contributed by atoms with Crippen molar-refractivity contribution in [1.29, 1.82) is 0 Å². The minimum absolute atomic E-state index is 0.0648. The number of hydrogen-bond acceptors (Lipinski definition) is 4. The number of benzene rings is 2. The maximum atomic E-state index is 10.6. The topological polar surface area (TPSA) is 55.8 Å². The highest BCUT2D eigenvalue weighted by Crippen LogP contribution is 2.52. The van der Waals surface area contributed by atoms with Gasteiger partial charge in [-0.2, -0.15) is 0 Å². The number of unbranched alkanes of at least 4 members (excludes halogenated alkanes) is 6. The summed E-state index contributed by atoms with van der Waals surface area (Å²) in [4.78, 5) is 12.0. The molecule has 0 amide bonds. The standard InChI is InChI=1S/C28H38O4S/c1-28(21-13-15-22(31-2)16-14-21)20-33-26-19-23(32-3)17-18-24(26)25(28)11-9-7-5-4-6-8-10-12-27(29)30/h13-19,25H,4-12,20H2,1-3H3,(H,29,30). The van der Waals surface area contributed by atoms with Crippen LogP contribution in [0.3, 0.4) is 0 Å². The monoisotopic (exact) mass is 470 g/mol. The Morgan fingerprint density at radius 3 is 2.18 bits per heavy atom. The van der Waals surface area contributed by atoms with Crippen molar-refractivity contribution < 1.29 is 19.4 Å². The quantitative estimate of drug-likeness (QED) is 0.308. The summed E-state index contributed by atoms with van der Waals surface area (Å²) in [6.45, 7) is 2.42.